The van der Waals surface area contributed by atoms with Gasteiger partial charge < -0.3 is 20.7 Å². The highest BCUT2D eigenvalue weighted by Crippen LogP contribution is 2.33. The predicted molar refractivity (Wildman–Crippen MR) is 134 cm³/mol. The van der Waals surface area contributed by atoms with Gasteiger partial charge in [0.05, 0.1) is 0 Å². The van der Waals surface area contributed by atoms with Crippen LogP contribution in [-0.2, 0) is 27.2 Å². The third kappa shape index (κ3) is 6.86. The smallest absolute Gasteiger partial charge is 0.247 e. The number of carbonyl (C=O) groups excluding carboxylic acids is 3. The monoisotopic (exact) mass is 475 g/mol. The molecule has 35 heavy (non-hydrogen) atoms. The van der Waals surface area contributed by atoms with Crippen molar-refractivity contribution in [2.75, 3.05) is 6.61 Å². The Hall–Kier alpha value is -3.79. The summed E-state index contributed by atoms with van der Waals surface area (Å²) in [4.78, 5) is 40.3. The van der Waals surface area contributed by atoms with Crippen molar-refractivity contribution in [3.05, 3.63) is 65.2 Å². The number of nitrogens with one attached hydrogen (secondary N) is 1. The molecule has 1 unspecified atom stereocenters. The number of primary amides is 1. The minimum atomic E-state index is -0.893. The third-order valence-corrected chi connectivity index (χ3v) is 5.84. The van der Waals surface area contributed by atoms with Gasteiger partial charge in [-0.1, -0.05) is 42.3 Å². The highest BCUT2D eigenvalue weighted by atomic mass is 16.5. The molecule has 184 valence electrons. The number of nitrogens with two attached hydrogens (primary N) is 1. The van der Waals surface area contributed by atoms with Crippen molar-refractivity contribution in [1.82, 2.24) is 10.2 Å². The fourth-order valence-corrected chi connectivity index (χ4v) is 4.40. The second-order valence-corrected chi connectivity index (χ2v) is 9.80. The lowest BCUT2D eigenvalue weighted by Crippen LogP contribution is -2.52. The molecule has 0 spiro atoms. The molecule has 2 aromatic rings. The van der Waals surface area contributed by atoms with Crippen LogP contribution in [-0.4, -0.2) is 40.8 Å². The number of carbonyl (C=O) groups is 3. The van der Waals surface area contributed by atoms with Crippen LogP contribution in [0.1, 0.15) is 56.3 Å². The van der Waals surface area contributed by atoms with Gasteiger partial charge in [0.25, 0.3) is 0 Å². The summed E-state index contributed by atoms with van der Waals surface area (Å²) >= 11 is 0. The summed E-state index contributed by atoms with van der Waals surface area (Å²) in [7, 11) is 0. The summed E-state index contributed by atoms with van der Waals surface area (Å²) < 4.78 is 5.48. The SMILES string of the molecule is C#CCOc1ccc(C(C(=O)NC(C)(C)C)N(C(=O)CCC(N)=O)C2Cc3ccccc3C2)cc1. The van der Waals surface area contributed by atoms with Crippen molar-refractivity contribution in [2.45, 2.75) is 64.1 Å². The molecule has 0 fully saturated rings. The Morgan fingerprint density at radius 1 is 1.09 bits per heavy atom. The molecule has 3 rings (SSSR count). The highest BCUT2D eigenvalue weighted by molar-refractivity contribution is 5.90. The maximum Gasteiger partial charge on any atom is 0.247 e. The number of hydrogen-bond donors (Lipinski definition) is 2. The first-order valence-corrected chi connectivity index (χ1v) is 11.7. The molecule has 0 aliphatic heterocycles. The van der Waals surface area contributed by atoms with Gasteiger partial charge in [-0.15, -0.1) is 6.42 Å². The van der Waals surface area contributed by atoms with Gasteiger partial charge >= 0.3 is 0 Å². The zero-order valence-corrected chi connectivity index (χ0v) is 20.5. The average molecular weight is 476 g/mol. The van der Waals surface area contributed by atoms with Gasteiger partial charge in [-0.3, -0.25) is 14.4 Å². The van der Waals surface area contributed by atoms with E-state index in [2.05, 4.69) is 11.2 Å². The number of ether oxygens (including phenoxy) is 1. The summed E-state index contributed by atoms with van der Waals surface area (Å²) in [5.41, 5.74) is 7.77. The molecule has 2 aromatic carbocycles. The molecular formula is C28H33N3O4. The molecule has 3 amide bonds. The first kappa shape index (κ1) is 25.8. The van der Waals surface area contributed by atoms with E-state index in [4.69, 9.17) is 16.9 Å². The van der Waals surface area contributed by atoms with Crippen LogP contribution in [0.4, 0.5) is 0 Å². The van der Waals surface area contributed by atoms with Crippen molar-refractivity contribution < 1.29 is 19.1 Å². The number of nitrogens with zero attached hydrogens (tertiary/aromatic N) is 1. The zero-order chi connectivity index (χ0) is 25.6. The Kier molecular flexibility index (Phi) is 8.18. The van der Waals surface area contributed by atoms with Gasteiger partial charge in [0, 0.05) is 24.4 Å². The van der Waals surface area contributed by atoms with Gasteiger partial charge in [0.1, 0.15) is 18.4 Å². The van der Waals surface area contributed by atoms with Gasteiger partial charge in [-0.05, 0) is 62.4 Å². The maximum absolute atomic E-state index is 13.7. The van der Waals surface area contributed by atoms with Crippen molar-refractivity contribution in [2.24, 2.45) is 5.73 Å². The first-order chi connectivity index (χ1) is 16.6. The number of rotatable bonds is 9. The Labute approximate surface area is 207 Å². The Morgan fingerprint density at radius 2 is 1.69 bits per heavy atom. The maximum atomic E-state index is 13.7. The number of amides is 3. The lowest BCUT2D eigenvalue weighted by Gasteiger charge is -2.37. The molecule has 3 N–H and O–H groups in total. The number of benzene rings is 2. The molecule has 0 saturated heterocycles. The summed E-state index contributed by atoms with van der Waals surface area (Å²) in [6.45, 7) is 5.81. The Bertz CT molecular complexity index is 1090. The predicted octanol–water partition coefficient (Wildman–Crippen LogP) is 2.92. The van der Waals surface area contributed by atoms with Crippen LogP contribution in [0.5, 0.6) is 5.75 Å². The second-order valence-electron chi connectivity index (χ2n) is 9.80. The van der Waals surface area contributed by atoms with E-state index in [1.807, 2.05) is 45.0 Å². The molecule has 0 radical (unpaired) electrons. The molecule has 0 aromatic heterocycles. The van der Waals surface area contributed by atoms with E-state index in [0.717, 1.165) is 11.1 Å². The largest absolute Gasteiger partial charge is 0.481 e. The third-order valence-electron chi connectivity index (χ3n) is 5.84. The fourth-order valence-electron chi connectivity index (χ4n) is 4.40. The van der Waals surface area contributed by atoms with E-state index in [-0.39, 0.29) is 37.3 Å². The summed E-state index contributed by atoms with van der Waals surface area (Å²) in [6.07, 6.45) is 6.38. The summed E-state index contributed by atoms with van der Waals surface area (Å²) in [5, 5.41) is 3.03. The second kappa shape index (κ2) is 11.1. The van der Waals surface area contributed by atoms with Crippen molar-refractivity contribution >= 4 is 17.7 Å². The average Bonchev–Trinajstić information content (AvgIpc) is 3.22. The quantitative estimate of drug-likeness (QED) is 0.545. The van der Waals surface area contributed by atoms with Crippen LogP contribution in [0, 0.1) is 12.3 Å². The van der Waals surface area contributed by atoms with Crippen LogP contribution >= 0.6 is 0 Å². The zero-order valence-electron chi connectivity index (χ0n) is 20.5. The molecule has 0 saturated carbocycles. The first-order valence-electron chi connectivity index (χ1n) is 11.7. The Morgan fingerprint density at radius 3 is 2.20 bits per heavy atom. The fraction of sp³-hybridized carbons (Fsp3) is 0.393. The van der Waals surface area contributed by atoms with E-state index in [0.29, 0.717) is 24.2 Å². The lowest BCUT2D eigenvalue weighted by molar-refractivity contribution is -0.144. The van der Waals surface area contributed by atoms with Crippen LogP contribution < -0.4 is 15.8 Å². The topological polar surface area (TPSA) is 102 Å². The lowest BCUT2D eigenvalue weighted by atomic mass is 9.98. The number of fused-ring (bicyclic) bond motifs is 1. The van der Waals surface area contributed by atoms with E-state index >= 15 is 0 Å². The molecule has 1 atom stereocenters. The molecule has 7 heteroatoms. The summed E-state index contributed by atoms with van der Waals surface area (Å²) in [5.74, 6) is 1.85. The molecule has 0 bridgehead atoms. The number of terminal acetylenes is 1. The van der Waals surface area contributed by atoms with Gasteiger partial charge in [0.15, 0.2) is 0 Å². The van der Waals surface area contributed by atoms with E-state index in [1.54, 1.807) is 29.2 Å². The van der Waals surface area contributed by atoms with Gasteiger partial charge in [-0.25, -0.2) is 0 Å². The molecule has 0 heterocycles. The summed E-state index contributed by atoms with van der Waals surface area (Å²) in [6, 6.07) is 13.9. The normalized spacial score (nSPS) is 13.9. The molecule has 1 aliphatic carbocycles. The standard InChI is InChI=1S/C28H33N3O4/c1-5-16-35-23-12-10-19(11-13-23)26(27(34)30-28(2,3)4)31(25(33)15-14-24(29)32)22-17-20-8-6-7-9-21(20)18-22/h1,6-13,22,26H,14-18H2,2-4H3,(H2,29,32)(H,30,34). The van der Waals surface area contributed by atoms with E-state index in [9.17, 15) is 14.4 Å². The van der Waals surface area contributed by atoms with E-state index < -0.39 is 17.5 Å². The van der Waals surface area contributed by atoms with Crippen LogP contribution in [0.3, 0.4) is 0 Å². The minimum absolute atomic E-state index is 0.0646. The van der Waals surface area contributed by atoms with Crippen molar-refractivity contribution in [3.8, 4) is 18.1 Å². The van der Waals surface area contributed by atoms with Gasteiger partial charge in [-0.2, -0.15) is 0 Å². The number of hydrogen-bond acceptors (Lipinski definition) is 4. The van der Waals surface area contributed by atoms with Crippen molar-refractivity contribution in [1.29, 1.82) is 0 Å². The van der Waals surface area contributed by atoms with Gasteiger partial charge in [0.2, 0.25) is 17.7 Å². The molecule has 1 aliphatic rings. The minimum Gasteiger partial charge on any atom is -0.481 e. The molecule has 7 nitrogen and oxygen atoms in total. The van der Waals surface area contributed by atoms with E-state index in [1.165, 1.54) is 0 Å². The van der Waals surface area contributed by atoms with Crippen LogP contribution in [0.25, 0.3) is 0 Å². The van der Waals surface area contributed by atoms with Crippen LogP contribution in [0.2, 0.25) is 0 Å². The van der Waals surface area contributed by atoms with Crippen molar-refractivity contribution in [3.63, 3.8) is 0 Å². The highest BCUT2D eigenvalue weighted by Gasteiger charge is 2.39. The molecular weight excluding hydrogens is 442 g/mol. The van der Waals surface area contributed by atoms with Crippen LogP contribution in [0.15, 0.2) is 48.5 Å². The Balaban J connectivity index is 2.02.